The van der Waals surface area contributed by atoms with Gasteiger partial charge in [-0.15, -0.1) is 0 Å². The van der Waals surface area contributed by atoms with Crippen LogP contribution in [0, 0.1) is 5.92 Å². The molecule has 22 heavy (non-hydrogen) atoms. The van der Waals surface area contributed by atoms with Gasteiger partial charge >= 0.3 is 0 Å². The Kier molecular flexibility index (Phi) is 4.56. The second kappa shape index (κ2) is 6.29. The third-order valence-corrected chi connectivity index (χ3v) is 6.32. The summed E-state index contributed by atoms with van der Waals surface area (Å²) in [6.45, 7) is 6.75. The van der Waals surface area contributed by atoms with Crippen molar-refractivity contribution in [2.45, 2.75) is 45.7 Å². The SMILES string of the molecule is CCOC[C@@H]1CN(S(=O)(=O)CC)Cc2cnn(CC3CC3)c21. The quantitative estimate of drug-likeness (QED) is 0.763. The Morgan fingerprint density at radius 3 is 2.77 bits per heavy atom. The largest absolute Gasteiger partial charge is 0.381 e. The van der Waals surface area contributed by atoms with Gasteiger partial charge in [0.15, 0.2) is 0 Å². The van der Waals surface area contributed by atoms with E-state index in [1.54, 1.807) is 11.2 Å². The lowest BCUT2D eigenvalue weighted by Crippen LogP contribution is -2.40. The molecule has 1 aliphatic carbocycles. The summed E-state index contributed by atoms with van der Waals surface area (Å²) < 4.78 is 33.8. The van der Waals surface area contributed by atoms with Gasteiger partial charge in [0.2, 0.25) is 10.0 Å². The van der Waals surface area contributed by atoms with Gasteiger partial charge in [-0.2, -0.15) is 9.40 Å². The number of rotatable bonds is 7. The Bertz CT molecular complexity index is 622. The van der Waals surface area contributed by atoms with Crippen LogP contribution in [0.5, 0.6) is 0 Å². The summed E-state index contributed by atoms with van der Waals surface area (Å²) in [6, 6.07) is 0. The fourth-order valence-electron chi connectivity index (χ4n) is 3.09. The molecule has 0 saturated heterocycles. The summed E-state index contributed by atoms with van der Waals surface area (Å²) in [5.74, 6) is 0.959. The molecule has 124 valence electrons. The summed E-state index contributed by atoms with van der Waals surface area (Å²) in [7, 11) is -3.18. The average Bonchev–Trinajstić information content (AvgIpc) is 3.24. The molecule has 0 N–H and O–H groups in total. The maximum absolute atomic E-state index is 12.2. The van der Waals surface area contributed by atoms with E-state index in [0.717, 1.165) is 18.0 Å². The monoisotopic (exact) mass is 327 g/mol. The van der Waals surface area contributed by atoms with E-state index in [4.69, 9.17) is 4.74 Å². The van der Waals surface area contributed by atoms with Crippen LogP contribution in [0.25, 0.3) is 0 Å². The molecule has 0 radical (unpaired) electrons. The van der Waals surface area contributed by atoms with Crippen LogP contribution in [-0.2, 0) is 27.8 Å². The van der Waals surface area contributed by atoms with Gasteiger partial charge in [-0.05, 0) is 32.6 Å². The number of fused-ring (bicyclic) bond motifs is 1. The molecule has 2 aliphatic rings. The maximum Gasteiger partial charge on any atom is 0.214 e. The van der Waals surface area contributed by atoms with Crippen molar-refractivity contribution >= 4 is 10.0 Å². The molecule has 1 saturated carbocycles. The first-order chi connectivity index (χ1) is 10.5. The molecule has 1 aliphatic heterocycles. The van der Waals surface area contributed by atoms with Gasteiger partial charge in [0.25, 0.3) is 0 Å². The van der Waals surface area contributed by atoms with Gasteiger partial charge < -0.3 is 4.74 Å². The van der Waals surface area contributed by atoms with Gasteiger partial charge in [-0.25, -0.2) is 8.42 Å². The predicted molar refractivity (Wildman–Crippen MR) is 84.1 cm³/mol. The standard InChI is InChI=1S/C15H25N3O3S/c1-3-21-11-14-10-17(22(19,20)4-2)9-13-7-16-18(15(13)14)8-12-5-6-12/h7,12,14H,3-6,8-11H2,1-2H3/t14-/m0/s1. The molecule has 0 unspecified atom stereocenters. The number of hydrogen-bond donors (Lipinski definition) is 0. The Morgan fingerprint density at radius 2 is 2.14 bits per heavy atom. The van der Waals surface area contributed by atoms with Crippen LogP contribution < -0.4 is 0 Å². The Morgan fingerprint density at radius 1 is 1.36 bits per heavy atom. The number of sulfonamides is 1. The summed E-state index contributed by atoms with van der Waals surface area (Å²) in [5.41, 5.74) is 2.22. The van der Waals surface area contributed by atoms with Gasteiger partial charge in [0.1, 0.15) is 0 Å². The lowest BCUT2D eigenvalue weighted by atomic mass is 9.98. The molecule has 2 heterocycles. The molecule has 1 atom stereocenters. The smallest absolute Gasteiger partial charge is 0.214 e. The van der Waals surface area contributed by atoms with E-state index in [1.807, 2.05) is 13.1 Å². The predicted octanol–water partition coefficient (Wildman–Crippen LogP) is 1.58. The fourth-order valence-corrected chi connectivity index (χ4v) is 4.20. The van der Waals surface area contributed by atoms with Crippen molar-refractivity contribution in [1.82, 2.24) is 14.1 Å². The number of hydrogen-bond acceptors (Lipinski definition) is 4. The summed E-state index contributed by atoms with van der Waals surface area (Å²) in [4.78, 5) is 0. The van der Waals surface area contributed by atoms with Crippen LogP contribution in [0.1, 0.15) is 43.9 Å². The Balaban J connectivity index is 1.88. The maximum atomic E-state index is 12.2. The van der Waals surface area contributed by atoms with Gasteiger partial charge in [0.05, 0.1) is 18.6 Å². The zero-order valence-corrected chi connectivity index (χ0v) is 14.2. The minimum atomic E-state index is -3.18. The highest BCUT2D eigenvalue weighted by Crippen LogP contribution is 2.35. The van der Waals surface area contributed by atoms with Gasteiger partial charge in [-0.3, -0.25) is 4.68 Å². The number of ether oxygens (including phenoxy) is 1. The van der Waals surface area contributed by atoms with Crippen LogP contribution in [0.15, 0.2) is 6.20 Å². The molecule has 1 fully saturated rings. The average molecular weight is 327 g/mol. The highest BCUT2D eigenvalue weighted by atomic mass is 32.2. The molecule has 1 aromatic heterocycles. The highest BCUT2D eigenvalue weighted by molar-refractivity contribution is 7.89. The van der Waals surface area contributed by atoms with E-state index in [0.29, 0.717) is 26.3 Å². The van der Waals surface area contributed by atoms with Crippen LogP contribution in [0.3, 0.4) is 0 Å². The van der Waals surface area contributed by atoms with Crippen molar-refractivity contribution in [3.63, 3.8) is 0 Å². The zero-order valence-electron chi connectivity index (χ0n) is 13.4. The number of nitrogens with zero attached hydrogens (tertiary/aromatic N) is 3. The van der Waals surface area contributed by atoms with Crippen molar-refractivity contribution in [2.75, 3.05) is 25.5 Å². The fraction of sp³-hybridized carbons (Fsp3) is 0.800. The molecule has 1 aromatic rings. The third kappa shape index (κ3) is 3.21. The third-order valence-electron chi connectivity index (χ3n) is 4.53. The van der Waals surface area contributed by atoms with Crippen LogP contribution in [0.4, 0.5) is 0 Å². The minimum Gasteiger partial charge on any atom is -0.381 e. The molecular weight excluding hydrogens is 302 g/mol. The molecule has 0 amide bonds. The lowest BCUT2D eigenvalue weighted by Gasteiger charge is -2.32. The summed E-state index contributed by atoms with van der Waals surface area (Å²) >= 11 is 0. The van der Waals surface area contributed by atoms with E-state index >= 15 is 0 Å². The zero-order chi connectivity index (χ0) is 15.7. The molecular formula is C15H25N3O3S. The highest BCUT2D eigenvalue weighted by Gasteiger charge is 2.35. The lowest BCUT2D eigenvalue weighted by molar-refractivity contribution is 0.118. The Hall–Kier alpha value is -0.920. The molecule has 0 bridgehead atoms. The van der Waals surface area contributed by atoms with Crippen LogP contribution in [0.2, 0.25) is 0 Å². The second-order valence-corrected chi connectivity index (χ2v) is 8.49. The van der Waals surface area contributed by atoms with Crippen LogP contribution >= 0.6 is 0 Å². The van der Waals surface area contributed by atoms with Crippen LogP contribution in [-0.4, -0.2) is 48.0 Å². The first-order valence-corrected chi connectivity index (χ1v) is 9.76. The van der Waals surface area contributed by atoms with Crippen molar-refractivity contribution < 1.29 is 13.2 Å². The van der Waals surface area contributed by atoms with E-state index < -0.39 is 10.0 Å². The Labute approximate surface area is 132 Å². The van der Waals surface area contributed by atoms with Crippen molar-refractivity contribution in [2.24, 2.45) is 5.92 Å². The van der Waals surface area contributed by atoms with Crippen molar-refractivity contribution in [1.29, 1.82) is 0 Å². The molecule has 0 aromatic carbocycles. The molecule has 3 rings (SSSR count). The number of aromatic nitrogens is 2. The molecule has 7 heteroatoms. The van der Waals surface area contributed by atoms with Crippen molar-refractivity contribution in [3.05, 3.63) is 17.5 Å². The van der Waals surface area contributed by atoms with Gasteiger partial charge in [-0.1, -0.05) is 0 Å². The van der Waals surface area contributed by atoms with E-state index in [1.165, 1.54) is 18.5 Å². The molecule has 0 spiro atoms. The minimum absolute atomic E-state index is 0.0753. The summed E-state index contributed by atoms with van der Waals surface area (Å²) in [5, 5.41) is 4.52. The van der Waals surface area contributed by atoms with E-state index in [2.05, 4.69) is 9.78 Å². The first-order valence-electron chi connectivity index (χ1n) is 8.15. The topological polar surface area (TPSA) is 64.4 Å². The van der Waals surface area contributed by atoms with Crippen molar-refractivity contribution in [3.8, 4) is 0 Å². The second-order valence-electron chi connectivity index (χ2n) is 6.23. The van der Waals surface area contributed by atoms with Gasteiger partial charge in [0, 0.05) is 43.4 Å². The molecule has 6 nitrogen and oxygen atoms in total. The van der Waals surface area contributed by atoms with E-state index in [9.17, 15) is 8.42 Å². The van der Waals surface area contributed by atoms with E-state index in [-0.39, 0.29) is 11.7 Å². The summed E-state index contributed by atoms with van der Waals surface area (Å²) in [6.07, 6.45) is 4.40. The first kappa shape index (κ1) is 16.0. The normalized spacial score (nSPS) is 22.7.